The molecule has 130 valence electrons. The molecular formula is C17H16ClFN4O2. The lowest BCUT2D eigenvalue weighted by Crippen LogP contribution is -2.14. The lowest BCUT2D eigenvalue weighted by molar-refractivity contribution is 0.100. The number of hydrogen-bond acceptors (Lipinski definition) is 4. The van der Waals surface area contributed by atoms with Crippen LogP contribution < -0.4 is 11.5 Å². The first-order chi connectivity index (χ1) is 11.6. The fraction of sp³-hybridized carbons (Fsp3) is 0.176. The molecule has 0 saturated carbocycles. The van der Waals surface area contributed by atoms with E-state index < -0.39 is 11.7 Å². The summed E-state index contributed by atoms with van der Waals surface area (Å²) in [6, 6.07) is 2.66. The Labute approximate surface area is 147 Å². The van der Waals surface area contributed by atoms with Crippen LogP contribution in [0.5, 0.6) is 5.75 Å². The molecule has 0 saturated heterocycles. The summed E-state index contributed by atoms with van der Waals surface area (Å²) in [4.78, 5) is 16.4. The largest absolute Gasteiger partial charge is 0.507 e. The smallest absolute Gasteiger partial charge is 0.253 e. The molecule has 25 heavy (non-hydrogen) atoms. The van der Waals surface area contributed by atoms with Gasteiger partial charge in [-0.1, -0.05) is 11.6 Å². The zero-order chi connectivity index (χ0) is 18.6. The van der Waals surface area contributed by atoms with Crippen molar-refractivity contribution in [1.82, 2.24) is 9.55 Å². The Morgan fingerprint density at radius 2 is 1.96 bits per heavy atom. The quantitative estimate of drug-likeness (QED) is 0.650. The molecule has 5 N–H and O–H groups in total. The van der Waals surface area contributed by atoms with E-state index in [0.717, 1.165) is 11.6 Å². The van der Waals surface area contributed by atoms with Crippen molar-refractivity contribution < 1.29 is 14.3 Å². The highest BCUT2D eigenvalue weighted by Gasteiger charge is 2.26. The molecule has 0 bridgehead atoms. The number of amides is 1. The minimum absolute atomic E-state index is 0.0185. The van der Waals surface area contributed by atoms with Crippen molar-refractivity contribution in [2.45, 2.75) is 20.8 Å². The molecule has 2 aromatic heterocycles. The number of fused-ring (bicyclic) bond motifs is 1. The molecule has 1 amide bonds. The summed E-state index contributed by atoms with van der Waals surface area (Å²) in [6.45, 7) is 5.20. The number of nitrogens with two attached hydrogens (primary N) is 2. The van der Waals surface area contributed by atoms with Crippen LogP contribution in [0.1, 0.15) is 27.2 Å². The fourth-order valence-electron chi connectivity index (χ4n) is 2.85. The number of anilines is 1. The third kappa shape index (κ3) is 2.39. The van der Waals surface area contributed by atoms with Gasteiger partial charge < -0.3 is 16.6 Å². The van der Waals surface area contributed by atoms with Crippen LogP contribution in [0.2, 0.25) is 5.02 Å². The van der Waals surface area contributed by atoms with Crippen LogP contribution in [0.3, 0.4) is 0 Å². The third-order valence-corrected chi connectivity index (χ3v) is 4.67. The third-order valence-electron chi connectivity index (χ3n) is 4.31. The summed E-state index contributed by atoms with van der Waals surface area (Å²) in [5.74, 6) is -1.86. The van der Waals surface area contributed by atoms with Crippen LogP contribution in [-0.2, 0) is 0 Å². The number of aromatic nitrogens is 2. The van der Waals surface area contributed by atoms with Crippen molar-refractivity contribution >= 4 is 34.4 Å². The molecule has 0 unspecified atom stereocenters. The number of carbonyl (C=O) groups excluding carboxylic acids is 1. The fourth-order valence-corrected chi connectivity index (χ4v) is 3.13. The first-order valence-corrected chi connectivity index (χ1v) is 7.78. The maximum absolute atomic E-state index is 14.1. The van der Waals surface area contributed by atoms with Crippen molar-refractivity contribution in [2.24, 2.45) is 5.73 Å². The van der Waals surface area contributed by atoms with Crippen molar-refractivity contribution in [3.8, 4) is 11.4 Å². The molecule has 2 heterocycles. The minimum atomic E-state index is -0.814. The normalized spacial score (nSPS) is 11.2. The SMILES string of the molecule is Cc1cc2c(C(N)=O)c(N)n(-c3c(C)c(O)cc(F)c3Cl)c2nc1C. The number of aryl methyl sites for hydroxylation is 2. The van der Waals surface area contributed by atoms with Crippen molar-refractivity contribution in [2.75, 3.05) is 5.73 Å². The van der Waals surface area contributed by atoms with E-state index in [-0.39, 0.29) is 27.8 Å². The molecule has 0 radical (unpaired) electrons. The highest BCUT2D eigenvalue weighted by Crippen LogP contribution is 2.39. The molecule has 0 atom stereocenters. The Bertz CT molecular complexity index is 1030. The number of pyridine rings is 1. The van der Waals surface area contributed by atoms with E-state index >= 15 is 0 Å². The zero-order valence-electron chi connectivity index (χ0n) is 13.8. The van der Waals surface area contributed by atoms with Gasteiger partial charge in [-0.3, -0.25) is 9.36 Å². The Balaban J connectivity index is 2.57. The summed E-state index contributed by atoms with van der Waals surface area (Å²) in [5, 5.41) is 10.2. The summed E-state index contributed by atoms with van der Waals surface area (Å²) < 4.78 is 15.4. The second kappa shape index (κ2) is 5.63. The number of primary amides is 1. The van der Waals surface area contributed by atoms with E-state index in [0.29, 0.717) is 22.3 Å². The molecule has 0 aliphatic heterocycles. The Morgan fingerprint density at radius 3 is 2.56 bits per heavy atom. The second-order valence-corrected chi connectivity index (χ2v) is 6.26. The number of nitrogens with zero attached hydrogens (tertiary/aromatic N) is 2. The van der Waals surface area contributed by atoms with E-state index in [4.69, 9.17) is 23.1 Å². The number of carbonyl (C=O) groups is 1. The maximum Gasteiger partial charge on any atom is 0.253 e. The number of benzene rings is 1. The van der Waals surface area contributed by atoms with Crippen LogP contribution in [0.25, 0.3) is 16.7 Å². The van der Waals surface area contributed by atoms with Crippen LogP contribution in [0.4, 0.5) is 10.2 Å². The topological polar surface area (TPSA) is 107 Å². The number of halogens is 2. The van der Waals surface area contributed by atoms with Gasteiger partial charge in [0.05, 0.1) is 11.3 Å². The van der Waals surface area contributed by atoms with Crippen LogP contribution in [0.15, 0.2) is 12.1 Å². The van der Waals surface area contributed by atoms with Crippen molar-refractivity contribution in [3.63, 3.8) is 0 Å². The van der Waals surface area contributed by atoms with Gasteiger partial charge in [-0.2, -0.15) is 0 Å². The lowest BCUT2D eigenvalue weighted by Gasteiger charge is -2.15. The Morgan fingerprint density at radius 1 is 1.32 bits per heavy atom. The number of aromatic hydroxyl groups is 1. The zero-order valence-corrected chi connectivity index (χ0v) is 14.6. The van der Waals surface area contributed by atoms with Gasteiger partial charge in [0.1, 0.15) is 28.1 Å². The molecule has 8 heteroatoms. The minimum Gasteiger partial charge on any atom is -0.507 e. The van der Waals surface area contributed by atoms with E-state index in [1.54, 1.807) is 19.9 Å². The molecular weight excluding hydrogens is 347 g/mol. The summed E-state index contributed by atoms with van der Waals surface area (Å²) in [6.07, 6.45) is 0. The second-order valence-electron chi connectivity index (χ2n) is 5.89. The number of rotatable bonds is 2. The van der Waals surface area contributed by atoms with E-state index in [1.807, 2.05) is 6.92 Å². The average Bonchev–Trinajstić information content (AvgIpc) is 2.78. The maximum atomic E-state index is 14.1. The van der Waals surface area contributed by atoms with Gasteiger partial charge in [0, 0.05) is 22.7 Å². The van der Waals surface area contributed by atoms with E-state index in [9.17, 15) is 14.3 Å². The molecule has 0 fully saturated rings. The average molecular weight is 363 g/mol. The standard InChI is InChI=1S/C17H16ClFN4O2/c1-6-4-9-12(16(21)25)15(20)23(17(9)22-8(6)3)14-7(2)11(24)5-10(19)13(14)18/h4-5,24H,20H2,1-3H3,(H2,21,25). The molecule has 0 aliphatic rings. The van der Waals surface area contributed by atoms with Crippen molar-refractivity contribution in [1.29, 1.82) is 0 Å². The van der Waals surface area contributed by atoms with Gasteiger partial charge in [-0.25, -0.2) is 9.37 Å². The van der Waals surface area contributed by atoms with Crippen LogP contribution >= 0.6 is 11.6 Å². The van der Waals surface area contributed by atoms with E-state index in [2.05, 4.69) is 4.98 Å². The molecule has 0 aliphatic carbocycles. The summed E-state index contributed by atoms with van der Waals surface area (Å²) >= 11 is 6.13. The molecule has 6 nitrogen and oxygen atoms in total. The Kier molecular flexibility index (Phi) is 3.84. The Hall–Kier alpha value is -2.80. The van der Waals surface area contributed by atoms with Gasteiger partial charge in [-0.05, 0) is 32.4 Å². The predicted molar refractivity (Wildman–Crippen MR) is 94.8 cm³/mol. The predicted octanol–water partition coefficient (Wildman–Crippen LogP) is 3.13. The molecule has 0 spiro atoms. The summed E-state index contributed by atoms with van der Waals surface area (Å²) in [5.41, 5.74) is 14.0. The molecule has 3 aromatic rings. The summed E-state index contributed by atoms with van der Waals surface area (Å²) in [7, 11) is 0. The van der Waals surface area contributed by atoms with Crippen molar-refractivity contribution in [3.05, 3.63) is 45.4 Å². The number of phenols is 1. The van der Waals surface area contributed by atoms with Gasteiger partial charge in [0.25, 0.3) is 5.91 Å². The highest BCUT2D eigenvalue weighted by atomic mass is 35.5. The highest BCUT2D eigenvalue weighted by molar-refractivity contribution is 6.33. The van der Waals surface area contributed by atoms with Gasteiger partial charge >= 0.3 is 0 Å². The first kappa shape index (κ1) is 17.0. The number of phenolic OH excluding ortho intramolecular Hbond substituents is 1. The number of hydrogen-bond donors (Lipinski definition) is 3. The van der Waals surface area contributed by atoms with E-state index in [1.165, 1.54) is 4.57 Å². The first-order valence-electron chi connectivity index (χ1n) is 7.41. The van der Waals surface area contributed by atoms with Gasteiger partial charge in [-0.15, -0.1) is 0 Å². The van der Waals surface area contributed by atoms with Crippen LogP contribution in [0, 0.1) is 26.6 Å². The lowest BCUT2D eigenvalue weighted by atomic mass is 10.1. The monoisotopic (exact) mass is 362 g/mol. The number of nitrogen functional groups attached to an aromatic ring is 1. The molecule has 1 aromatic carbocycles. The van der Waals surface area contributed by atoms with Gasteiger partial charge in [0.15, 0.2) is 0 Å². The van der Waals surface area contributed by atoms with Crippen LogP contribution in [-0.4, -0.2) is 20.6 Å². The van der Waals surface area contributed by atoms with Gasteiger partial charge in [0.2, 0.25) is 0 Å². The molecule has 3 rings (SSSR count).